The molecule has 0 heterocycles. The molecule has 0 aromatic heterocycles. The van der Waals surface area contributed by atoms with Crippen molar-refractivity contribution in [1.82, 2.24) is 5.32 Å². The fourth-order valence-corrected chi connectivity index (χ4v) is 2.57. The largest absolute Gasteiger partial charge is 0.451 e. The zero-order chi connectivity index (χ0) is 19.7. The Morgan fingerprint density at radius 2 is 1.88 bits per heavy atom. The van der Waals surface area contributed by atoms with Crippen molar-refractivity contribution in [3.63, 3.8) is 0 Å². The Bertz CT molecular complexity index is 680. The normalized spacial score (nSPS) is 12.6. The van der Waals surface area contributed by atoms with E-state index in [1.54, 1.807) is 24.3 Å². The third kappa shape index (κ3) is 6.75. The van der Waals surface area contributed by atoms with E-state index in [1.165, 1.54) is 25.6 Å². The molecule has 0 aliphatic carbocycles. The standard InChI is InChI=1S/C17H23N3O5S/c1-10(21)12-6-4-5-7-13(12)19-15(22)11(2)25-16(23)14(8-9-26-3)20-17(18)24/h4-7,11,14H,8-9H2,1-3H3,(H,19,22)(H3,18,20,24)/t11-,14+/m0/s1. The van der Waals surface area contributed by atoms with E-state index in [-0.39, 0.29) is 5.78 Å². The number of hydrogen-bond acceptors (Lipinski definition) is 6. The van der Waals surface area contributed by atoms with E-state index in [2.05, 4.69) is 10.6 Å². The third-order valence-electron chi connectivity index (χ3n) is 3.44. The SMILES string of the molecule is CSCC[C@@H](NC(N)=O)C(=O)O[C@@H](C)C(=O)Nc1ccccc1C(C)=O. The van der Waals surface area contributed by atoms with E-state index in [9.17, 15) is 19.2 Å². The molecule has 8 nitrogen and oxygen atoms in total. The molecule has 1 rings (SSSR count). The molecule has 0 aliphatic heterocycles. The topological polar surface area (TPSA) is 128 Å². The molecule has 26 heavy (non-hydrogen) atoms. The maximum Gasteiger partial charge on any atom is 0.329 e. The molecule has 3 amide bonds. The van der Waals surface area contributed by atoms with Gasteiger partial charge in [-0.3, -0.25) is 9.59 Å². The molecule has 0 spiro atoms. The van der Waals surface area contributed by atoms with Gasteiger partial charge in [-0.25, -0.2) is 9.59 Å². The summed E-state index contributed by atoms with van der Waals surface area (Å²) in [5.41, 5.74) is 5.75. The van der Waals surface area contributed by atoms with Gasteiger partial charge >= 0.3 is 12.0 Å². The van der Waals surface area contributed by atoms with Crippen molar-refractivity contribution in [2.45, 2.75) is 32.4 Å². The van der Waals surface area contributed by atoms with Gasteiger partial charge in [-0.2, -0.15) is 11.8 Å². The average molecular weight is 381 g/mol. The van der Waals surface area contributed by atoms with Crippen LogP contribution in [0, 0.1) is 0 Å². The number of ketones is 1. The summed E-state index contributed by atoms with van der Waals surface area (Å²) in [5.74, 6) is -0.935. The fourth-order valence-electron chi connectivity index (χ4n) is 2.10. The third-order valence-corrected chi connectivity index (χ3v) is 4.08. The number of carbonyl (C=O) groups is 4. The van der Waals surface area contributed by atoms with Crippen LogP contribution in [0.1, 0.15) is 30.6 Å². The van der Waals surface area contributed by atoms with Gasteiger partial charge in [0.1, 0.15) is 6.04 Å². The number of nitrogens with two attached hydrogens (primary N) is 1. The Morgan fingerprint density at radius 1 is 1.23 bits per heavy atom. The van der Waals surface area contributed by atoms with Crippen LogP contribution in [0.3, 0.4) is 0 Å². The number of urea groups is 1. The summed E-state index contributed by atoms with van der Waals surface area (Å²) < 4.78 is 5.13. The van der Waals surface area contributed by atoms with Crippen LogP contribution < -0.4 is 16.4 Å². The number of primary amides is 1. The zero-order valence-electron chi connectivity index (χ0n) is 14.9. The number of amides is 3. The lowest BCUT2D eigenvalue weighted by molar-refractivity contribution is -0.155. The predicted octanol–water partition coefficient (Wildman–Crippen LogP) is 1.55. The van der Waals surface area contributed by atoms with Gasteiger partial charge in [0, 0.05) is 5.56 Å². The Morgan fingerprint density at radius 3 is 2.46 bits per heavy atom. The molecule has 142 valence electrons. The van der Waals surface area contributed by atoms with E-state index in [0.29, 0.717) is 23.4 Å². The second kappa shape index (κ2) is 10.4. The molecule has 2 atom stereocenters. The van der Waals surface area contributed by atoms with Crippen molar-refractivity contribution in [2.24, 2.45) is 5.73 Å². The lowest BCUT2D eigenvalue weighted by Gasteiger charge is -2.19. The molecule has 0 saturated carbocycles. The number of thioether (sulfide) groups is 1. The summed E-state index contributed by atoms with van der Waals surface area (Å²) in [6.45, 7) is 2.79. The first-order valence-electron chi connectivity index (χ1n) is 7.92. The van der Waals surface area contributed by atoms with Gasteiger partial charge < -0.3 is 21.1 Å². The van der Waals surface area contributed by atoms with Crippen molar-refractivity contribution in [2.75, 3.05) is 17.3 Å². The van der Waals surface area contributed by atoms with Crippen molar-refractivity contribution < 1.29 is 23.9 Å². The summed E-state index contributed by atoms with van der Waals surface area (Å²) in [4.78, 5) is 47.1. The number of nitrogens with one attached hydrogen (secondary N) is 2. The van der Waals surface area contributed by atoms with Crippen LogP contribution in [0.2, 0.25) is 0 Å². The van der Waals surface area contributed by atoms with Gasteiger partial charge in [-0.15, -0.1) is 0 Å². The summed E-state index contributed by atoms with van der Waals surface area (Å²) in [7, 11) is 0. The molecular weight excluding hydrogens is 358 g/mol. The number of ether oxygens (including phenoxy) is 1. The number of benzene rings is 1. The maximum atomic E-state index is 12.3. The van der Waals surface area contributed by atoms with Crippen LogP contribution in [-0.2, 0) is 14.3 Å². The highest BCUT2D eigenvalue weighted by Gasteiger charge is 2.26. The fraction of sp³-hybridized carbons (Fsp3) is 0.412. The summed E-state index contributed by atoms with van der Waals surface area (Å²) in [6.07, 6.45) is 1.06. The Labute approximate surface area is 156 Å². The highest BCUT2D eigenvalue weighted by molar-refractivity contribution is 7.98. The summed E-state index contributed by atoms with van der Waals surface area (Å²) >= 11 is 1.49. The van der Waals surface area contributed by atoms with Crippen molar-refractivity contribution >= 4 is 41.1 Å². The monoisotopic (exact) mass is 381 g/mol. The van der Waals surface area contributed by atoms with Gasteiger partial charge in [0.15, 0.2) is 11.9 Å². The highest BCUT2D eigenvalue weighted by Crippen LogP contribution is 2.16. The molecular formula is C17H23N3O5S. The second-order valence-corrected chi connectivity index (χ2v) is 6.50. The zero-order valence-corrected chi connectivity index (χ0v) is 15.7. The summed E-state index contributed by atoms with van der Waals surface area (Å²) in [5, 5.41) is 4.87. The van der Waals surface area contributed by atoms with Crippen LogP contribution in [0.25, 0.3) is 0 Å². The highest BCUT2D eigenvalue weighted by atomic mass is 32.2. The average Bonchev–Trinajstić information content (AvgIpc) is 2.58. The minimum atomic E-state index is -1.12. The van der Waals surface area contributed by atoms with Gasteiger partial charge in [0.2, 0.25) is 0 Å². The quantitative estimate of drug-likeness (QED) is 0.440. The first-order valence-corrected chi connectivity index (χ1v) is 9.31. The number of anilines is 1. The van der Waals surface area contributed by atoms with Crippen LogP contribution in [-0.4, -0.2) is 47.8 Å². The number of carbonyl (C=O) groups excluding carboxylic acids is 4. The first-order chi connectivity index (χ1) is 12.3. The van der Waals surface area contributed by atoms with Gasteiger partial charge in [-0.05, 0) is 44.4 Å². The molecule has 0 radical (unpaired) electrons. The number of hydrogen-bond donors (Lipinski definition) is 3. The lowest BCUT2D eigenvalue weighted by atomic mass is 10.1. The Hall–Kier alpha value is -2.55. The molecule has 0 bridgehead atoms. The molecule has 9 heteroatoms. The first kappa shape index (κ1) is 21.5. The smallest absolute Gasteiger partial charge is 0.329 e. The van der Waals surface area contributed by atoms with E-state index in [0.717, 1.165) is 0 Å². The van der Waals surface area contributed by atoms with Gasteiger partial charge in [0.05, 0.1) is 5.69 Å². The molecule has 4 N–H and O–H groups in total. The van der Waals surface area contributed by atoms with E-state index in [4.69, 9.17) is 10.5 Å². The minimum Gasteiger partial charge on any atom is -0.451 e. The number of para-hydroxylation sites is 1. The predicted molar refractivity (Wildman–Crippen MR) is 100 cm³/mol. The van der Waals surface area contributed by atoms with Crippen molar-refractivity contribution in [3.8, 4) is 0 Å². The van der Waals surface area contributed by atoms with E-state index < -0.39 is 30.1 Å². The Kier molecular flexibility index (Phi) is 8.63. The molecule has 0 unspecified atom stereocenters. The number of Topliss-reactive ketones (excluding diaryl/α,β-unsaturated/α-hetero) is 1. The van der Waals surface area contributed by atoms with Crippen molar-refractivity contribution in [3.05, 3.63) is 29.8 Å². The van der Waals surface area contributed by atoms with Crippen LogP contribution in [0.5, 0.6) is 0 Å². The van der Waals surface area contributed by atoms with Crippen LogP contribution in [0.4, 0.5) is 10.5 Å². The van der Waals surface area contributed by atoms with E-state index in [1.807, 2.05) is 6.26 Å². The second-order valence-electron chi connectivity index (χ2n) is 5.51. The molecule has 1 aromatic rings. The Balaban J connectivity index is 2.74. The van der Waals surface area contributed by atoms with Crippen LogP contribution in [0.15, 0.2) is 24.3 Å². The van der Waals surface area contributed by atoms with Gasteiger partial charge in [0.25, 0.3) is 5.91 Å². The maximum absolute atomic E-state index is 12.3. The number of rotatable bonds is 9. The molecule has 0 saturated heterocycles. The molecule has 0 fully saturated rings. The minimum absolute atomic E-state index is 0.201. The van der Waals surface area contributed by atoms with Gasteiger partial charge in [-0.1, -0.05) is 12.1 Å². The molecule has 0 aliphatic rings. The van der Waals surface area contributed by atoms with E-state index >= 15 is 0 Å². The van der Waals surface area contributed by atoms with Crippen molar-refractivity contribution in [1.29, 1.82) is 0 Å². The lowest BCUT2D eigenvalue weighted by Crippen LogP contribution is -2.46. The number of esters is 1. The van der Waals surface area contributed by atoms with Crippen LogP contribution >= 0.6 is 11.8 Å². The molecule has 1 aromatic carbocycles. The summed E-state index contributed by atoms with van der Waals surface area (Å²) in [6, 6.07) is 4.75.